The zero-order valence-electron chi connectivity index (χ0n) is 20.5. The number of rotatable bonds is 7. The molecule has 10 nitrogen and oxygen atoms in total. The number of thiazole rings is 1. The first-order chi connectivity index (χ1) is 18.2. The molecule has 3 unspecified atom stereocenters. The summed E-state index contributed by atoms with van der Waals surface area (Å²) >= 11 is 1.30. The first kappa shape index (κ1) is 26.4. The van der Waals surface area contributed by atoms with Crippen molar-refractivity contribution >= 4 is 29.1 Å². The lowest BCUT2D eigenvalue weighted by Crippen LogP contribution is -2.67. The van der Waals surface area contributed by atoms with Crippen LogP contribution in [0.3, 0.4) is 0 Å². The van der Waals surface area contributed by atoms with Gasteiger partial charge in [0.25, 0.3) is 0 Å². The third-order valence-corrected chi connectivity index (χ3v) is 7.84. The van der Waals surface area contributed by atoms with Crippen LogP contribution in [0.2, 0.25) is 0 Å². The van der Waals surface area contributed by atoms with E-state index in [1.807, 2.05) is 4.90 Å². The Balaban J connectivity index is 1.60. The number of carboxylic acids is 1. The summed E-state index contributed by atoms with van der Waals surface area (Å²) in [5.74, 6) is -3.67. The highest BCUT2D eigenvalue weighted by Gasteiger charge is 2.50. The molecule has 0 spiro atoms. The standard InChI is InChI=1S/C25H27F2N5O5S/c1-2-37-23(33)18-17(10-32-13-8-25(28,24(34)35)9-14(32)12-36-11-13)30-21(22-29-6-7-38-22)31-20(18)15-4-3-5-16(26)19(15)27/h3-7,13-14,20H,2,8-12,28H2,1H3,(H,30,31)(H,34,35). The van der Waals surface area contributed by atoms with E-state index in [1.165, 1.54) is 23.5 Å². The fraction of sp³-hybridized carbons (Fsp3) is 0.440. The summed E-state index contributed by atoms with van der Waals surface area (Å²) in [7, 11) is 0. The molecule has 38 heavy (non-hydrogen) atoms. The number of aliphatic carboxylic acids is 1. The van der Waals surface area contributed by atoms with Crippen LogP contribution in [-0.4, -0.2) is 76.8 Å². The lowest BCUT2D eigenvalue weighted by atomic mass is 9.79. The molecule has 3 aliphatic heterocycles. The number of fused-ring (bicyclic) bond motifs is 2. The summed E-state index contributed by atoms with van der Waals surface area (Å²) < 4.78 is 40.4. The minimum Gasteiger partial charge on any atom is -0.480 e. The highest BCUT2D eigenvalue weighted by Crippen LogP contribution is 2.38. The van der Waals surface area contributed by atoms with Gasteiger partial charge in [0.15, 0.2) is 22.5 Å². The second-order valence-corrected chi connectivity index (χ2v) is 10.4. The van der Waals surface area contributed by atoms with Crippen molar-refractivity contribution in [1.29, 1.82) is 0 Å². The number of amidine groups is 1. The molecular formula is C25H27F2N5O5S. The predicted molar refractivity (Wildman–Crippen MR) is 133 cm³/mol. The number of nitrogens with zero attached hydrogens (tertiary/aromatic N) is 3. The molecule has 2 fully saturated rings. The number of carbonyl (C=O) groups is 2. The second-order valence-electron chi connectivity index (χ2n) is 9.49. The van der Waals surface area contributed by atoms with Crippen molar-refractivity contribution in [2.24, 2.45) is 10.7 Å². The molecule has 3 aliphatic rings. The van der Waals surface area contributed by atoms with E-state index in [9.17, 15) is 19.1 Å². The van der Waals surface area contributed by atoms with Crippen molar-refractivity contribution in [3.63, 3.8) is 0 Å². The van der Waals surface area contributed by atoms with Crippen LogP contribution in [0.15, 0.2) is 46.0 Å². The van der Waals surface area contributed by atoms with Crippen LogP contribution in [0.25, 0.3) is 0 Å². The average molecular weight is 548 g/mol. The van der Waals surface area contributed by atoms with Gasteiger partial charge in [-0.25, -0.2) is 18.6 Å². The van der Waals surface area contributed by atoms with Crippen molar-refractivity contribution in [3.05, 3.63) is 63.3 Å². The number of carboxylic acid groups (broad SMARTS) is 1. The van der Waals surface area contributed by atoms with Gasteiger partial charge in [-0.15, -0.1) is 11.3 Å². The molecule has 0 saturated carbocycles. The first-order valence-corrected chi connectivity index (χ1v) is 13.0. The molecule has 2 saturated heterocycles. The SMILES string of the molecule is CCOC(=O)C1=C(CN2C3COCC2CC(N)(C(=O)O)C3)NC(c2nccs2)=NC1c1cccc(F)c1F. The van der Waals surface area contributed by atoms with Crippen LogP contribution < -0.4 is 11.1 Å². The summed E-state index contributed by atoms with van der Waals surface area (Å²) in [6.07, 6.45) is 1.89. The molecule has 5 rings (SSSR count). The average Bonchev–Trinajstić information content (AvgIpc) is 3.41. The largest absolute Gasteiger partial charge is 0.480 e. The predicted octanol–water partition coefficient (Wildman–Crippen LogP) is 1.97. The Labute approximate surface area is 221 Å². The van der Waals surface area contributed by atoms with Gasteiger partial charge < -0.3 is 25.6 Å². The van der Waals surface area contributed by atoms with Gasteiger partial charge in [0.05, 0.1) is 25.4 Å². The molecule has 2 bridgehead atoms. The number of hydrogen-bond donors (Lipinski definition) is 3. The molecule has 3 atom stereocenters. The van der Waals surface area contributed by atoms with Crippen molar-refractivity contribution < 1.29 is 33.0 Å². The van der Waals surface area contributed by atoms with Crippen molar-refractivity contribution in [2.75, 3.05) is 26.4 Å². The van der Waals surface area contributed by atoms with E-state index in [1.54, 1.807) is 18.5 Å². The van der Waals surface area contributed by atoms with Gasteiger partial charge in [0.1, 0.15) is 11.6 Å². The molecule has 202 valence electrons. The van der Waals surface area contributed by atoms with Gasteiger partial charge in [-0.1, -0.05) is 12.1 Å². The van der Waals surface area contributed by atoms with E-state index in [-0.39, 0.29) is 62.4 Å². The molecule has 13 heteroatoms. The highest BCUT2D eigenvalue weighted by molar-refractivity contribution is 7.11. The van der Waals surface area contributed by atoms with Crippen molar-refractivity contribution in [1.82, 2.24) is 15.2 Å². The van der Waals surface area contributed by atoms with Crippen LogP contribution in [0.1, 0.15) is 36.4 Å². The third-order valence-electron chi connectivity index (χ3n) is 7.06. The molecular weight excluding hydrogens is 520 g/mol. The van der Waals surface area contributed by atoms with Crippen molar-refractivity contribution in [2.45, 2.75) is 43.4 Å². The summed E-state index contributed by atoms with van der Waals surface area (Å²) in [6.45, 7) is 2.39. The lowest BCUT2D eigenvalue weighted by molar-refractivity contribution is -0.153. The molecule has 0 aliphatic carbocycles. The fourth-order valence-electron chi connectivity index (χ4n) is 5.30. The Morgan fingerprint density at radius 1 is 1.32 bits per heavy atom. The van der Waals surface area contributed by atoms with E-state index < -0.39 is 35.2 Å². The molecule has 4 N–H and O–H groups in total. The van der Waals surface area contributed by atoms with Crippen LogP contribution in [-0.2, 0) is 19.1 Å². The van der Waals surface area contributed by atoms with Crippen molar-refractivity contribution in [3.8, 4) is 0 Å². The maximum atomic E-state index is 15.1. The van der Waals surface area contributed by atoms with Crippen LogP contribution in [0.4, 0.5) is 8.78 Å². The van der Waals surface area contributed by atoms with Gasteiger partial charge in [-0.05, 0) is 25.8 Å². The zero-order chi connectivity index (χ0) is 27.0. The maximum absolute atomic E-state index is 15.1. The zero-order valence-corrected chi connectivity index (χ0v) is 21.3. The number of esters is 1. The number of aliphatic imine (C=N–C) groups is 1. The monoisotopic (exact) mass is 547 g/mol. The Bertz CT molecular complexity index is 1290. The number of halogens is 2. The lowest BCUT2D eigenvalue weighted by Gasteiger charge is -2.51. The molecule has 0 radical (unpaired) electrons. The van der Waals surface area contributed by atoms with E-state index in [0.29, 0.717) is 16.5 Å². The maximum Gasteiger partial charge on any atom is 0.338 e. The number of carbonyl (C=O) groups excluding carboxylic acids is 1. The first-order valence-electron chi connectivity index (χ1n) is 12.2. The number of ether oxygens (including phenoxy) is 2. The van der Waals surface area contributed by atoms with Gasteiger partial charge in [-0.3, -0.25) is 14.7 Å². The van der Waals surface area contributed by atoms with E-state index in [2.05, 4.69) is 15.3 Å². The Kier molecular flexibility index (Phi) is 7.27. The highest BCUT2D eigenvalue weighted by atomic mass is 32.1. The molecule has 0 amide bonds. The van der Waals surface area contributed by atoms with Crippen LogP contribution >= 0.6 is 11.3 Å². The van der Waals surface area contributed by atoms with E-state index in [4.69, 9.17) is 15.2 Å². The van der Waals surface area contributed by atoms with E-state index >= 15 is 4.39 Å². The molecule has 1 aromatic heterocycles. The summed E-state index contributed by atoms with van der Waals surface area (Å²) in [5.41, 5.74) is 5.14. The Morgan fingerprint density at radius 3 is 2.68 bits per heavy atom. The van der Waals surface area contributed by atoms with Gasteiger partial charge in [0, 0.05) is 41.5 Å². The number of benzene rings is 1. The molecule has 2 aromatic rings. The number of nitrogens with one attached hydrogen (secondary N) is 1. The molecule has 4 heterocycles. The number of piperidine rings is 1. The minimum atomic E-state index is -1.39. The molecule has 1 aromatic carbocycles. The summed E-state index contributed by atoms with van der Waals surface area (Å²) in [6, 6.07) is 1.86. The number of aromatic nitrogens is 1. The number of hydrogen-bond acceptors (Lipinski definition) is 10. The normalized spacial score (nSPS) is 27.5. The third kappa shape index (κ3) is 4.82. The van der Waals surface area contributed by atoms with Crippen LogP contribution in [0.5, 0.6) is 0 Å². The van der Waals surface area contributed by atoms with Gasteiger partial charge in [-0.2, -0.15) is 0 Å². The minimum absolute atomic E-state index is 0.0402. The number of nitrogens with two attached hydrogens (primary N) is 1. The Morgan fingerprint density at radius 2 is 2.05 bits per heavy atom. The summed E-state index contributed by atoms with van der Waals surface area (Å²) in [4.78, 5) is 36.1. The van der Waals surface area contributed by atoms with Gasteiger partial charge >= 0.3 is 11.9 Å². The van der Waals surface area contributed by atoms with E-state index in [0.717, 1.165) is 6.07 Å². The van der Waals surface area contributed by atoms with Crippen LogP contribution in [0, 0.1) is 11.6 Å². The topological polar surface area (TPSA) is 139 Å². The summed E-state index contributed by atoms with van der Waals surface area (Å²) in [5, 5.41) is 15.2. The fourth-order valence-corrected chi connectivity index (χ4v) is 5.88. The second kappa shape index (κ2) is 10.5. The van der Waals surface area contributed by atoms with Gasteiger partial charge in [0.2, 0.25) is 0 Å². The number of morpholine rings is 1. The smallest absolute Gasteiger partial charge is 0.338 e. The Hall–Kier alpha value is -3.26. The quantitative estimate of drug-likeness (QED) is 0.444.